The largest absolute Gasteiger partial charge is 0.462 e. The predicted molar refractivity (Wildman–Crippen MR) is 168 cm³/mol. The van der Waals surface area contributed by atoms with Crippen LogP contribution in [0.4, 0.5) is 0 Å². The van der Waals surface area contributed by atoms with Crippen molar-refractivity contribution in [3.8, 4) is 0 Å². The highest BCUT2D eigenvalue weighted by molar-refractivity contribution is 5.87. The monoisotopic (exact) mass is 606 g/mol. The molecule has 0 heterocycles. The molecule has 0 aromatic carbocycles. The van der Waals surface area contributed by atoms with Crippen molar-refractivity contribution in [3.05, 3.63) is 24.3 Å². The number of unbranched alkanes of at least 4 members (excludes halogenated alkanes) is 5. The van der Waals surface area contributed by atoms with Gasteiger partial charge in [-0.15, -0.1) is 0 Å². The fourth-order valence-corrected chi connectivity index (χ4v) is 6.29. The van der Waals surface area contributed by atoms with E-state index >= 15 is 0 Å². The fraction of sp³-hybridized carbons (Fsp3) is 0.771. The van der Waals surface area contributed by atoms with Crippen LogP contribution < -0.4 is 0 Å². The van der Waals surface area contributed by atoms with Gasteiger partial charge in [0.05, 0.1) is 0 Å². The number of rotatable bonds is 23. The molecule has 0 spiro atoms. The Morgan fingerprint density at radius 3 is 1.58 bits per heavy atom. The fourth-order valence-electron chi connectivity index (χ4n) is 6.29. The van der Waals surface area contributed by atoms with Crippen molar-refractivity contribution in [2.45, 2.75) is 124 Å². The van der Waals surface area contributed by atoms with Gasteiger partial charge in [-0.25, -0.2) is 9.59 Å². The molecule has 4 atom stereocenters. The lowest BCUT2D eigenvalue weighted by Crippen LogP contribution is -2.35. The van der Waals surface area contributed by atoms with E-state index in [4.69, 9.17) is 18.9 Å². The van der Waals surface area contributed by atoms with Crippen molar-refractivity contribution in [2.75, 3.05) is 26.4 Å². The third kappa shape index (κ3) is 16.7. The normalized spacial score (nSPS) is 19.7. The van der Waals surface area contributed by atoms with Gasteiger partial charge in [0.1, 0.15) is 26.4 Å². The number of carbonyl (C=O) groups excluding carboxylic acids is 4. The summed E-state index contributed by atoms with van der Waals surface area (Å²) in [7, 11) is 0. The lowest BCUT2D eigenvalue weighted by molar-refractivity contribution is -0.150. The second-order valence-corrected chi connectivity index (χ2v) is 12.1. The third-order valence-corrected chi connectivity index (χ3v) is 8.56. The molecular weight excluding hydrogens is 548 g/mol. The van der Waals surface area contributed by atoms with Crippen molar-refractivity contribution in [3.63, 3.8) is 0 Å². The maximum atomic E-state index is 12.5. The van der Waals surface area contributed by atoms with E-state index in [1.165, 1.54) is 51.4 Å². The first-order chi connectivity index (χ1) is 20.6. The summed E-state index contributed by atoms with van der Waals surface area (Å²) in [6.07, 6.45) is 15.4. The summed E-state index contributed by atoms with van der Waals surface area (Å²) >= 11 is 0. The molecule has 0 saturated heterocycles. The summed E-state index contributed by atoms with van der Waals surface area (Å²) in [6, 6.07) is 0. The van der Waals surface area contributed by atoms with Gasteiger partial charge in [-0.2, -0.15) is 0 Å². The zero-order chi connectivity index (χ0) is 32.0. The highest BCUT2D eigenvalue weighted by atomic mass is 16.6. The molecular formula is C35H58O8. The van der Waals surface area contributed by atoms with Gasteiger partial charge in [0.15, 0.2) is 0 Å². The molecule has 1 rings (SSSR count). The average molecular weight is 607 g/mol. The number of ether oxygens (including phenoxy) is 4. The Bertz CT molecular complexity index is 879. The molecule has 0 radical (unpaired) electrons. The summed E-state index contributed by atoms with van der Waals surface area (Å²) in [5, 5.41) is 0. The van der Waals surface area contributed by atoms with E-state index in [0.717, 1.165) is 38.0 Å². The van der Waals surface area contributed by atoms with Crippen LogP contribution in [0, 0.1) is 23.7 Å². The zero-order valence-electron chi connectivity index (χ0n) is 27.4. The molecule has 43 heavy (non-hydrogen) atoms. The van der Waals surface area contributed by atoms with Crippen LogP contribution in [0.25, 0.3) is 0 Å². The maximum Gasteiger partial charge on any atom is 0.333 e. The van der Waals surface area contributed by atoms with E-state index in [0.29, 0.717) is 41.7 Å². The van der Waals surface area contributed by atoms with E-state index in [1.54, 1.807) is 13.8 Å². The predicted octanol–water partition coefficient (Wildman–Crippen LogP) is 7.68. The molecule has 246 valence electrons. The van der Waals surface area contributed by atoms with Gasteiger partial charge in [0, 0.05) is 24.0 Å². The smallest absolute Gasteiger partial charge is 0.333 e. The topological polar surface area (TPSA) is 105 Å². The van der Waals surface area contributed by atoms with Crippen LogP contribution in [0.3, 0.4) is 0 Å². The molecule has 1 saturated carbocycles. The molecule has 4 unspecified atom stereocenters. The number of esters is 4. The van der Waals surface area contributed by atoms with Gasteiger partial charge in [-0.05, 0) is 63.2 Å². The lowest BCUT2D eigenvalue weighted by atomic mass is 9.62. The highest BCUT2D eigenvalue weighted by Gasteiger charge is 2.37. The van der Waals surface area contributed by atoms with Crippen LogP contribution in [0.15, 0.2) is 24.3 Å². The van der Waals surface area contributed by atoms with E-state index in [1.807, 2.05) is 0 Å². The minimum atomic E-state index is -0.474. The Balaban J connectivity index is 2.35. The van der Waals surface area contributed by atoms with Crippen LogP contribution in [0.2, 0.25) is 0 Å². The molecule has 8 nitrogen and oxygen atoms in total. The zero-order valence-corrected chi connectivity index (χ0v) is 27.4. The summed E-state index contributed by atoms with van der Waals surface area (Å²) in [6.45, 7) is 15.0. The molecule has 1 fully saturated rings. The molecule has 0 aliphatic heterocycles. The van der Waals surface area contributed by atoms with Gasteiger partial charge in [0.25, 0.3) is 0 Å². The molecule has 8 heteroatoms. The molecule has 1 aliphatic carbocycles. The van der Waals surface area contributed by atoms with Crippen molar-refractivity contribution in [1.82, 2.24) is 0 Å². The minimum Gasteiger partial charge on any atom is -0.462 e. The van der Waals surface area contributed by atoms with Crippen LogP contribution >= 0.6 is 0 Å². The molecule has 0 aromatic heterocycles. The second kappa shape index (κ2) is 22.8. The van der Waals surface area contributed by atoms with E-state index in [9.17, 15) is 19.2 Å². The number of hydrogen-bond acceptors (Lipinski definition) is 8. The van der Waals surface area contributed by atoms with Crippen molar-refractivity contribution in [2.24, 2.45) is 23.7 Å². The first kappa shape index (κ1) is 38.4. The highest BCUT2D eigenvalue weighted by Crippen LogP contribution is 2.46. The van der Waals surface area contributed by atoms with Crippen LogP contribution in [-0.2, 0) is 38.1 Å². The third-order valence-electron chi connectivity index (χ3n) is 8.56. The summed E-state index contributed by atoms with van der Waals surface area (Å²) in [5.74, 6) is 1.18. The molecule has 1 aliphatic rings. The van der Waals surface area contributed by atoms with Gasteiger partial charge >= 0.3 is 23.9 Å². The van der Waals surface area contributed by atoms with Crippen LogP contribution in [0.1, 0.15) is 124 Å². The van der Waals surface area contributed by atoms with Crippen molar-refractivity contribution >= 4 is 23.9 Å². The van der Waals surface area contributed by atoms with Crippen molar-refractivity contribution < 1.29 is 38.1 Å². The Labute approximate surface area is 260 Å². The van der Waals surface area contributed by atoms with Crippen LogP contribution in [-0.4, -0.2) is 50.3 Å². The molecule has 0 amide bonds. The number of hydrogen-bond donors (Lipinski definition) is 0. The van der Waals surface area contributed by atoms with E-state index in [2.05, 4.69) is 27.0 Å². The molecule has 0 bridgehead atoms. The lowest BCUT2D eigenvalue weighted by Gasteiger charge is -2.44. The summed E-state index contributed by atoms with van der Waals surface area (Å²) < 4.78 is 20.4. The van der Waals surface area contributed by atoms with E-state index < -0.39 is 11.9 Å². The standard InChI is InChI=1S/C35H58O8/c1-7-15-30-28(8-2)18-19-29(31(30)20-21-33(37)41-23-25-43-35(39)27(5)6)16-13-11-9-10-12-14-17-32(36)40-22-24-42-34(38)26(3)4/h28-31H,3,5,7-25H2,1-2,4,6H3. The number of carbonyl (C=O) groups is 4. The minimum absolute atomic E-state index is 0.0520. The van der Waals surface area contributed by atoms with E-state index in [-0.39, 0.29) is 38.4 Å². The SMILES string of the molecule is C=C(C)C(=O)OCCOC(=O)CCCCCCCCC1CCC(CC)C(CCC)C1CCC(=O)OCCOC(=O)C(=C)C. The summed E-state index contributed by atoms with van der Waals surface area (Å²) in [4.78, 5) is 47.2. The molecule has 0 N–H and O–H groups in total. The second-order valence-electron chi connectivity index (χ2n) is 12.1. The van der Waals surface area contributed by atoms with Gasteiger partial charge in [0.2, 0.25) is 0 Å². The Morgan fingerprint density at radius 1 is 0.581 bits per heavy atom. The quantitative estimate of drug-likeness (QED) is 0.0505. The van der Waals surface area contributed by atoms with Gasteiger partial charge < -0.3 is 18.9 Å². The van der Waals surface area contributed by atoms with Crippen LogP contribution in [0.5, 0.6) is 0 Å². The first-order valence-corrected chi connectivity index (χ1v) is 16.6. The molecule has 0 aromatic rings. The average Bonchev–Trinajstić information content (AvgIpc) is 2.98. The Morgan fingerprint density at radius 2 is 1.05 bits per heavy atom. The first-order valence-electron chi connectivity index (χ1n) is 16.6. The van der Waals surface area contributed by atoms with Crippen molar-refractivity contribution in [1.29, 1.82) is 0 Å². The van der Waals surface area contributed by atoms with Gasteiger partial charge in [-0.1, -0.05) is 84.8 Å². The van der Waals surface area contributed by atoms with Gasteiger partial charge in [-0.3, -0.25) is 9.59 Å². The maximum absolute atomic E-state index is 12.5. The summed E-state index contributed by atoms with van der Waals surface area (Å²) in [5.41, 5.74) is 0.656. The Hall–Kier alpha value is -2.64. The Kier molecular flexibility index (Phi) is 20.4.